The molecule has 1 saturated carbocycles. The van der Waals surface area contributed by atoms with Gasteiger partial charge in [-0.15, -0.1) is 0 Å². The Morgan fingerprint density at radius 3 is 2.67 bits per heavy atom. The maximum absolute atomic E-state index is 14.2. The number of hydrogen-bond acceptors (Lipinski definition) is 4. The molecule has 3 aromatic rings. The zero-order valence-corrected chi connectivity index (χ0v) is 20.3. The van der Waals surface area contributed by atoms with Gasteiger partial charge in [0.2, 0.25) is 5.91 Å². The summed E-state index contributed by atoms with van der Waals surface area (Å²) >= 11 is 6.29. The molecule has 3 N–H and O–H groups in total. The van der Waals surface area contributed by atoms with E-state index in [9.17, 15) is 18.8 Å². The van der Waals surface area contributed by atoms with E-state index in [2.05, 4.69) is 5.32 Å². The number of primary amides is 1. The predicted octanol–water partition coefficient (Wildman–Crippen LogP) is 4.71. The molecule has 7 nitrogen and oxygen atoms in total. The Bertz CT molecular complexity index is 1440. The quantitative estimate of drug-likeness (QED) is 0.519. The summed E-state index contributed by atoms with van der Waals surface area (Å²) in [5.41, 5.74) is 7.27. The summed E-state index contributed by atoms with van der Waals surface area (Å²) in [5.74, 6) is -1.34. The topological polar surface area (TPSA) is 103 Å². The zero-order valence-electron chi connectivity index (χ0n) is 19.6. The van der Waals surface area contributed by atoms with Gasteiger partial charge in [0.15, 0.2) is 0 Å². The molecule has 1 aliphatic heterocycles. The SMILES string of the molecule is CC[C@@H](C(=O)Nc1ccc(C(N)=O)c(F)c1)n1cc2c(cc1=O)-c1cc(Cl)ccc1C[C@H]1CC[C@H]1O2. The van der Waals surface area contributed by atoms with Crippen LogP contribution in [0.4, 0.5) is 10.1 Å². The van der Waals surface area contributed by atoms with Gasteiger partial charge in [0.05, 0.1) is 11.8 Å². The van der Waals surface area contributed by atoms with Crippen LogP contribution in [0.15, 0.2) is 53.5 Å². The third-order valence-electron chi connectivity index (χ3n) is 7.04. The highest BCUT2D eigenvalue weighted by Crippen LogP contribution is 2.43. The Hall–Kier alpha value is -3.65. The van der Waals surface area contributed by atoms with Crippen molar-refractivity contribution in [3.05, 3.63) is 81.0 Å². The number of anilines is 1. The first-order valence-electron chi connectivity index (χ1n) is 11.9. The third kappa shape index (κ3) is 4.37. The second-order valence-corrected chi connectivity index (χ2v) is 9.70. The van der Waals surface area contributed by atoms with Crippen molar-refractivity contribution in [2.75, 3.05) is 5.32 Å². The minimum absolute atomic E-state index is 0.0409. The van der Waals surface area contributed by atoms with Crippen molar-refractivity contribution >= 4 is 29.1 Å². The van der Waals surface area contributed by atoms with Crippen LogP contribution in [0.3, 0.4) is 0 Å². The number of pyridine rings is 1. The molecule has 0 radical (unpaired) electrons. The van der Waals surface area contributed by atoms with Gasteiger partial charge in [-0.3, -0.25) is 19.0 Å². The lowest BCUT2D eigenvalue weighted by molar-refractivity contribution is -0.119. The molecule has 186 valence electrons. The number of ether oxygens (including phenoxy) is 1. The van der Waals surface area contributed by atoms with Crippen LogP contribution < -0.4 is 21.3 Å². The number of amides is 2. The molecule has 2 aromatic carbocycles. The molecule has 3 atom stereocenters. The van der Waals surface area contributed by atoms with Crippen LogP contribution in [0.5, 0.6) is 5.75 Å². The smallest absolute Gasteiger partial charge is 0.252 e. The summed E-state index contributed by atoms with van der Waals surface area (Å²) in [7, 11) is 0. The second-order valence-electron chi connectivity index (χ2n) is 9.27. The first kappa shape index (κ1) is 24.1. The Kier molecular flexibility index (Phi) is 6.30. The average molecular weight is 510 g/mol. The molecule has 1 fully saturated rings. The molecule has 0 spiro atoms. The van der Waals surface area contributed by atoms with Gasteiger partial charge in [0, 0.05) is 28.3 Å². The number of hydrogen-bond donors (Lipinski definition) is 2. The van der Waals surface area contributed by atoms with E-state index in [0.717, 1.165) is 36.5 Å². The summed E-state index contributed by atoms with van der Waals surface area (Å²) in [4.78, 5) is 37.7. The second kappa shape index (κ2) is 9.43. The molecule has 9 heteroatoms. The Morgan fingerprint density at radius 1 is 1.19 bits per heavy atom. The van der Waals surface area contributed by atoms with E-state index in [1.54, 1.807) is 13.1 Å². The van der Waals surface area contributed by atoms with E-state index >= 15 is 0 Å². The van der Waals surface area contributed by atoms with Crippen LogP contribution >= 0.6 is 11.6 Å². The molecule has 36 heavy (non-hydrogen) atoms. The van der Waals surface area contributed by atoms with Gasteiger partial charge >= 0.3 is 0 Å². The normalized spacial score (nSPS) is 18.8. The first-order valence-corrected chi connectivity index (χ1v) is 12.2. The highest BCUT2D eigenvalue weighted by molar-refractivity contribution is 6.30. The van der Waals surface area contributed by atoms with Crippen molar-refractivity contribution in [2.45, 2.75) is 44.8 Å². The fourth-order valence-corrected chi connectivity index (χ4v) is 5.13. The maximum atomic E-state index is 14.2. The molecule has 0 unspecified atom stereocenters. The minimum atomic E-state index is -0.902. The van der Waals surface area contributed by atoms with Crippen LogP contribution in [-0.4, -0.2) is 22.5 Å². The number of carbonyl (C=O) groups is 2. The van der Waals surface area contributed by atoms with E-state index in [0.29, 0.717) is 28.7 Å². The van der Waals surface area contributed by atoms with Crippen molar-refractivity contribution in [1.82, 2.24) is 4.57 Å². The first-order chi connectivity index (χ1) is 17.2. The highest BCUT2D eigenvalue weighted by Gasteiger charge is 2.36. The maximum Gasteiger partial charge on any atom is 0.252 e. The molecule has 2 aliphatic rings. The minimum Gasteiger partial charge on any atom is -0.488 e. The van der Waals surface area contributed by atoms with Gasteiger partial charge in [-0.05, 0) is 67.1 Å². The molecule has 0 bridgehead atoms. The van der Waals surface area contributed by atoms with Crippen LogP contribution in [-0.2, 0) is 11.2 Å². The Labute approximate surface area is 212 Å². The fraction of sp³-hybridized carbons (Fsp3) is 0.296. The van der Waals surface area contributed by atoms with Crippen molar-refractivity contribution in [3.8, 4) is 16.9 Å². The number of nitrogens with zero attached hydrogens (tertiary/aromatic N) is 1. The van der Waals surface area contributed by atoms with Gasteiger partial charge in [0.1, 0.15) is 23.7 Å². The summed E-state index contributed by atoms with van der Waals surface area (Å²) < 4.78 is 21.9. The molecular weight excluding hydrogens is 485 g/mol. The monoisotopic (exact) mass is 509 g/mol. The van der Waals surface area contributed by atoms with E-state index in [4.69, 9.17) is 22.1 Å². The van der Waals surface area contributed by atoms with Crippen LogP contribution in [0, 0.1) is 11.7 Å². The molecule has 1 aromatic heterocycles. The van der Waals surface area contributed by atoms with Gasteiger partial charge in [-0.2, -0.15) is 0 Å². The number of carbonyl (C=O) groups excluding carboxylic acids is 2. The Balaban J connectivity index is 1.51. The zero-order chi connectivity index (χ0) is 25.6. The van der Waals surface area contributed by atoms with E-state index < -0.39 is 23.7 Å². The third-order valence-corrected chi connectivity index (χ3v) is 7.28. The molecule has 2 heterocycles. The van der Waals surface area contributed by atoms with Gasteiger partial charge in [-0.1, -0.05) is 24.6 Å². The highest BCUT2D eigenvalue weighted by atomic mass is 35.5. The number of aromatic nitrogens is 1. The summed E-state index contributed by atoms with van der Waals surface area (Å²) in [6, 6.07) is 9.93. The number of halogens is 2. The standard InChI is InChI=1S/C27H25ClFN3O4/c1-2-22(27(35)31-17-6-7-18(26(30)34)21(29)11-17)32-13-24-20(12-25(32)33)19-10-16(28)5-3-14(19)9-15-4-8-23(15)36-24/h3,5-7,10-13,15,22-23H,2,4,8-9H2,1H3,(H2,30,34)(H,31,35)/t15-,22+,23-/m1/s1. The summed E-state index contributed by atoms with van der Waals surface area (Å²) in [6.45, 7) is 1.78. The van der Waals surface area contributed by atoms with Crippen molar-refractivity contribution in [1.29, 1.82) is 0 Å². The van der Waals surface area contributed by atoms with Crippen molar-refractivity contribution < 1.29 is 18.7 Å². The van der Waals surface area contributed by atoms with Gasteiger partial charge in [0.25, 0.3) is 11.5 Å². The van der Waals surface area contributed by atoms with E-state index in [1.165, 1.54) is 22.8 Å². The lowest BCUT2D eigenvalue weighted by Crippen LogP contribution is -2.39. The number of nitrogens with one attached hydrogen (secondary N) is 1. The van der Waals surface area contributed by atoms with E-state index in [1.807, 2.05) is 18.2 Å². The Morgan fingerprint density at radius 2 is 2.00 bits per heavy atom. The lowest BCUT2D eigenvalue weighted by Gasteiger charge is -2.39. The van der Waals surface area contributed by atoms with Crippen LogP contribution in [0.2, 0.25) is 5.02 Å². The molecule has 1 aliphatic carbocycles. The fourth-order valence-electron chi connectivity index (χ4n) is 4.95. The number of rotatable bonds is 5. The summed E-state index contributed by atoms with van der Waals surface area (Å²) in [5, 5.41) is 3.19. The molecule has 0 saturated heterocycles. The van der Waals surface area contributed by atoms with Crippen LogP contribution in [0.1, 0.15) is 48.1 Å². The van der Waals surface area contributed by atoms with E-state index in [-0.39, 0.29) is 22.9 Å². The lowest BCUT2D eigenvalue weighted by atomic mass is 9.76. The molecule has 5 rings (SSSR count). The molecule has 2 amide bonds. The largest absolute Gasteiger partial charge is 0.488 e. The average Bonchev–Trinajstić information content (AvgIpc) is 2.82. The number of nitrogens with two attached hydrogens (primary N) is 1. The molecular formula is C27H25ClFN3O4. The van der Waals surface area contributed by atoms with Gasteiger partial charge in [-0.25, -0.2) is 4.39 Å². The number of benzene rings is 2. The van der Waals surface area contributed by atoms with Crippen molar-refractivity contribution in [3.63, 3.8) is 0 Å². The predicted molar refractivity (Wildman–Crippen MR) is 135 cm³/mol. The summed E-state index contributed by atoms with van der Waals surface area (Å²) in [6.07, 6.45) is 4.78. The number of fused-ring (bicyclic) bond motifs is 4. The van der Waals surface area contributed by atoms with Crippen molar-refractivity contribution in [2.24, 2.45) is 11.7 Å². The van der Waals surface area contributed by atoms with Gasteiger partial charge < -0.3 is 15.8 Å². The van der Waals surface area contributed by atoms with Crippen LogP contribution in [0.25, 0.3) is 11.1 Å².